The van der Waals surface area contributed by atoms with Crippen LogP contribution in [-0.2, 0) is 6.54 Å². The average molecular weight is 265 g/mol. The van der Waals surface area contributed by atoms with Gasteiger partial charge in [-0.05, 0) is 25.1 Å². The summed E-state index contributed by atoms with van der Waals surface area (Å²) in [5, 5.41) is 3.39. The number of nitrogens with zero attached hydrogens (tertiary/aromatic N) is 1. The highest BCUT2D eigenvalue weighted by Crippen LogP contribution is 2.13. The number of aryl methyl sites for hydroxylation is 1. The lowest BCUT2D eigenvalue weighted by Gasteiger charge is -2.05. The van der Waals surface area contributed by atoms with Gasteiger partial charge in [0.1, 0.15) is 10.8 Å². The Kier molecular flexibility index (Phi) is 3.57. The third kappa shape index (κ3) is 2.84. The number of anilines is 1. The number of nitrogens with one attached hydrogen (secondary N) is 1. The van der Waals surface area contributed by atoms with Crippen LogP contribution in [-0.4, -0.2) is 10.9 Å². The van der Waals surface area contributed by atoms with Crippen molar-refractivity contribution in [3.8, 4) is 0 Å². The Morgan fingerprint density at radius 1 is 1.56 bits per heavy atom. The summed E-state index contributed by atoms with van der Waals surface area (Å²) < 4.78 is 13.4. The second-order valence-corrected chi connectivity index (χ2v) is 5.11. The number of carbonyl (C=O) groups excluding carboxylic acids is 1. The van der Waals surface area contributed by atoms with Crippen LogP contribution in [0.25, 0.3) is 0 Å². The molecule has 2 rings (SSSR count). The molecule has 0 saturated carbocycles. The Bertz CT molecular complexity index is 582. The number of aromatic nitrogens is 1. The van der Waals surface area contributed by atoms with Gasteiger partial charge >= 0.3 is 0 Å². The van der Waals surface area contributed by atoms with Crippen LogP contribution in [0.1, 0.15) is 20.2 Å². The number of halogens is 1. The van der Waals surface area contributed by atoms with Crippen LogP contribution < -0.4 is 11.1 Å². The summed E-state index contributed by atoms with van der Waals surface area (Å²) in [4.78, 5) is 16.9. The number of hydrogen-bond acceptors (Lipinski definition) is 4. The van der Waals surface area contributed by atoms with Crippen LogP contribution in [0.5, 0.6) is 0 Å². The minimum atomic E-state index is -0.586. The molecule has 0 fully saturated rings. The molecule has 0 radical (unpaired) electrons. The minimum absolute atomic E-state index is 0.0525. The summed E-state index contributed by atoms with van der Waals surface area (Å²) in [5.41, 5.74) is 5.82. The Labute approximate surface area is 108 Å². The van der Waals surface area contributed by atoms with Gasteiger partial charge in [0.25, 0.3) is 5.91 Å². The van der Waals surface area contributed by atoms with E-state index in [9.17, 15) is 9.18 Å². The zero-order chi connectivity index (χ0) is 13.1. The molecule has 1 aromatic heterocycles. The van der Waals surface area contributed by atoms with Crippen LogP contribution in [0.15, 0.2) is 24.4 Å². The first kappa shape index (κ1) is 12.5. The van der Waals surface area contributed by atoms with Gasteiger partial charge in [-0.3, -0.25) is 4.79 Å². The topological polar surface area (TPSA) is 68.0 Å². The first-order chi connectivity index (χ1) is 8.56. The lowest BCUT2D eigenvalue weighted by Crippen LogP contribution is -2.23. The van der Waals surface area contributed by atoms with E-state index in [-0.39, 0.29) is 12.1 Å². The number of amides is 1. The van der Waals surface area contributed by atoms with E-state index in [0.717, 1.165) is 9.88 Å². The summed E-state index contributed by atoms with van der Waals surface area (Å²) in [6.45, 7) is 2.21. The molecular weight excluding hydrogens is 253 g/mol. The number of thiazole rings is 1. The largest absolute Gasteiger partial charge is 0.399 e. The van der Waals surface area contributed by atoms with Crippen LogP contribution in [0.3, 0.4) is 0 Å². The molecule has 4 nitrogen and oxygen atoms in total. The molecule has 6 heteroatoms. The van der Waals surface area contributed by atoms with E-state index in [1.165, 1.54) is 29.5 Å². The van der Waals surface area contributed by atoms with E-state index in [1.54, 1.807) is 6.20 Å². The highest BCUT2D eigenvalue weighted by molar-refractivity contribution is 7.11. The SMILES string of the molecule is Cc1cnc(CNC(=O)c2cc(N)ccc2F)s1. The van der Waals surface area contributed by atoms with Crippen molar-refractivity contribution >= 4 is 22.9 Å². The summed E-state index contributed by atoms with van der Waals surface area (Å²) in [6, 6.07) is 3.91. The van der Waals surface area contributed by atoms with E-state index in [4.69, 9.17) is 5.73 Å². The Hall–Kier alpha value is -1.95. The van der Waals surface area contributed by atoms with Gasteiger partial charge in [-0.1, -0.05) is 0 Å². The second kappa shape index (κ2) is 5.14. The number of nitrogens with two attached hydrogens (primary N) is 1. The van der Waals surface area contributed by atoms with Gasteiger partial charge in [0.2, 0.25) is 0 Å². The minimum Gasteiger partial charge on any atom is -0.399 e. The monoisotopic (exact) mass is 265 g/mol. The van der Waals surface area contributed by atoms with Crippen molar-refractivity contribution in [3.05, 3.63) is 45.7 Å². The predicted molar refractivity (Wildman–Crippen MR) is 68.8 cm³/mol. The van der Waals surface area contributed by atoms with Crippen molar-refractivity contribution in [1.29, 1.82) is 0 Å². The van der Waals surface area contributed by atoms with E-state index in [0.29, 0.717) is 5.69 Å². The number of nitrogen functional groups attached to an aromatic ring is 1. The average Bonchev–Trinajstić information content (AvgIpc) is 2.75. The van der Waals surface area contributed by atoms with Gasteiger partial charge < -0.3 is 11.1 Å². The quantitative estimate of drug-likeness (QED) is 0.835. The second-order valence-electron chi connectivity index (χ2n) is 3.79. The molecule has 0 unspecified atom stereocenters. The van der Waals surface area contributed by atoms with Gasteiger partial charge in [-0.15, -0.1) is 11.3 Å². The number of carbonyl (C=O) groups is 1. The van der Waals surface area contributed by atoms with Crippen molar-refractivity contribution in [3.63, 3.8) is 0 Å². The van der Waals surface area contributed by atoms with Gasteiger partial charge in [-0.2, -0.15) is 0 Å². The molecular formula is C12H12FN3OS. The van der Waals surface area contributed by atoms with Gasteiger partial charge in [0.15, 0.2) is 0 Å². The molecule has 1 heterocycles. The van der Waals surface area contributed by atoms with Crippen LogP contribution in [0.2, 0.25) is 0 Å². The zero-order valence-electron chi connectivity index (χ0n) is 9.74. The summed E-state index contributed by atoms with van der Waals surface area (Å²) in [7, 11) is 0. The summed E-state index contributed by atoms with van der Waals surface area (Å²) in [5.74, 6) is -1.08. The first-order valence-electron chi connectivity index (χ1n) is 5.31. The lowest BCUT2D eigenvalue weighted by atomic mass is 10.2. The van der Waals surface area contributed by atoms with Crippen LogP contribution in [0.4, 0.5) is 10.1 Å². The number of hydrogen-bond donors (Lipinski definition) is 2. The lowest BCUT2D eigenvalue weighted by molar-refractivity contribution is 0.0947. The fourth-order valence-electron chi connectivity index (χ4n) is 1.45. The number of benzene rings is 1. The first-order valence-corrected chi connectivity index (χ1v) is 6.12. The van der Waals surface area contributed by atoms with Gasteiger partial charge in [0.05, 0.1) is 12.1 Å². The molecule has 0 aliphatic carbocycles. The Balaban J connectivity index is 2.05. The van der Waals surface area contributed by atoms with Crippen LogP contribution >= 0.6 is 11.3 Å². The predicted octanol–water partition coefficient (Wildman–Crippen LogP) is 2.10. The molecule has 0 aliphatic rings. The van der Waals surface area contributed by atoms with Crippen LogP contribution in [0, 0.1) is 12.7 Å². The molecule has 2 aromatic rings. The molecule has 18 heavy (non-hydrogen) atoms. The summed E-state index contributed by atoms with van der Waals surface area (Å²) in [6.07, 6.45) is 1.73. The van der Waals surface area contributed by atoms with E-state index in [2.05, 4.69) is 10.3 Å². The molecule has 1 aromatic carbocycles. The maximum atomic E-state index is 13.4. The fraction of sp³-hybridized carbons (Fsp3) is 0.167. The molecule has 3 N–H and O–H groups in total. The Morgan fingerprint density at radius 2 is 2.33 bits per heavy atom. The Morgan fingerprint density at radius 3 is 3.00 bits per heavy atom. The molecule has 94 valence electrons. The van der Waals surface area contributed by atoms with Gasteiger partial charge in [0, 0.05) is 16.8 Å². The molecule has 0 spiro atoms. The standard InChI is InChI=1S/C12H12FN3OS/c1-7-5-15-11(18-7)6-16-12(17)9-4-8(14)2-3-10(9)13/h2-5H,6,14H2,1H3,(H,16,17). The van der Waals surface area contributed by atoms with E-state index in [1.807, 2.05) is 6.92 Å². The normalized spacial score (nSPS) is 10.3. The van der Waals surface area contributed by atoms with Crippen molar-refractivity contribution in [2.75, 3.05) is 5.73 Å². The zero-order valence-corrected chi connectivity index (χ0v) is 10.6. The third-order valence-corrected chi connectivity index (χ3v) is 3.22. The highest BCUT2D eigenvalue weighted by Gasteiger charge is 2.12. The molecule has 0 saturated heterocycles. The van der Waals surface area contributed by atoms with Crippen molar-refractivity contribution in [2.24, 2.45) is 0 Å². The van der Waals surface area contributed by atoms with Crippen molar-refractivity contribution in [1.82, 2.24) is 10.3 Å². The van der Waals surface area contributed by atoms with E-state index < -0.39 is 11.7 Å². The maximum absolute atomic E-state index is 13.4. The fourth-order valence-corrected chi connectivity index (χ4v) is 2.18. The smallest absolute Gasteiger partial charge is 0.254 e. The molecule has 0 aliphatic heterocycles. The third-order valence-electron chi connectivity index (χ3n) is 2.30. The highest BCUT2D eigenvalue weighted by atomic mass is 32.1. The van der Waals surface area contributed by atoms with Crippen molar-refractivity contribution in [2.45, 2.75) is 13.5 Å². The maximum Gasteiger partial charge on any atom is 0.254 e. The van der Waals surface area contributed by atoms with E-state index >= 15 is 0 Å². The number of rotatable bonds is 3. The van der Waals surface area contributed by atoms with Gasteiger partial charge in [-0.25, -0.2) is 9.37 Å². The molecule has 0 bridgehead atoms. The molecule has 0 atom stereocenters. The molecule has 1 amide bonds. The summed E-state index contributed by atoms with van der Waals surface area (Å²) >= 11 is 1.49. The van der Waals surface area contributed by atoms with Crippen molar-refractivity contribution < 1.29 is 9.18 Å².